The second-order valence-corrected chi connectivity index (χ2v) is 5.12. The molecule has 1 amide bonds. The van der Waals surface area contributed by atoms with E-state index in [9.17, 15) is 4.79 Å². The maximum absolute atomic E-state index is 10.8. The van der Waals surface area contributed by atoms with Crippen LogP contribution in [0.5, 0.6) is 0 Å². The van der Waals surface area contributed by atoms with E-state index in [1.807, 2.05) is 24.1 Å². The Balaban J connectivity index is 2.83. The minimum atomic E-state index is -0.317. The van der Waals surface area contributed by atoms with Crippen molar-refractivity contribution in [2.24, 2.45) is 5.73 Å². The van der Waals surface area contributed by atoms with Crippen LogP contribution in [0.4, 0.5) is 5.69 Å². The van der Waals surface area contributed by atoms with Crippen LogP contribution in [0.3, 0.4) is 0 Å². The Bertz CT molecular complexity index is 363. The third kappa shape index (κ3) is 3.26. The average Bonchev–Trinajstić information content (AvgIpc) is 2.15. The molecule has 0 saturated carbocycles. The zero-order valence-corrected chi connectivity index (χ0v) is 10.4. The summed E-state index contributed by atoms with van der Waals surface area (Å²) < 4.78 is 0. The normalized spacial score (nSPS) is 11.2. The number of primary amides is 1. The van der Waals surface area contributed by atoms with Crippen LogP contribution in [-0.2, 0) is 10.2 Å². The molecule has 16 heavy (non-hydrogen) atoms. The molecule has 1 aromatic carbocycles. The van der Waals surface area contributed by atoms with Crippen molar-refractivity contribution in [2.45, 2.75) is 26.2 Å². The molecule has 0 saturated heterocycles. The minimum Gasteiger partial charge on any atom is -0.368 e. The fraction of sp³-hybridized carbons (Fsp3) is 0.462. The summed E-state index contributed by atoms with van der Waals surface area (Å²) in [6.07, 6.45) is 0. The lowest BCUT2D eigenvalue weighted by molar-refractivity contribution is -0.116. The van der Waals surface area contributed by atoms with Gasteiger partial charge in [0.15, 0.2) is 0 Å². The maximum atomic E-state index is 10.8. The second-order valence-electron chi connectivity index (χ2n) is 5.12. The summed E-state index contributed by atoms with van der Waals surface area (Å²) in [5.41, 5.74) is 7.59. The Morgan fingerprint density at radius 3 is 2.12 bits per heavy atom. The fourth-order valence-corrected chi connectivity index (χ4v) is 1.54. The molecule has 88 valence electrons. The fourth-order valence-electron chi connectivity index (χ4n) is 1.54. The van der Waals surface area contributed by atoms with E-state index in [1.54, 1.807) is 0 Å². The first-order chi connectivity index (χ1) is 7.30. The van der Waals surface area contributed by atoms with Crippen molar-refractivity contribution >= 4 is 11.6 Å². The highest BCUT2D eigenvalue weighted by Gasteiger charge is 2.13. The van der Waals surface area contributed by atoms with Crippen LogP contribution >= 0.6 is 0 Å². The summed E-state index contributed by atoms with van der Waals surface area (Å²) in [6.45, 7) is 6.77. The Morgan fingerprint density at radius 1 is 1.25 bits per heavy atom. The summed E-state index contributed by atoms with van der Waals surface area (Å²) in [5.74, 6) is -0.317. The molecule has 0 unspecified atom stereocenters. The summed E-state index contributed by atoms with van der Waals surface area (Å²) in [7, 11) is 1.86. The van der Waals surface area contributed by atoms with Gasteiger partial charge in [0.2, 0.25) is 5.91 Å². The highest BCUT2D eigenvalue weighted by atomic mass is 16.1. The van der Waals surface area contributed by atoms with Gasteiger partial charge in [-0.2, -0.15) is 0 Å². The zero-order chi connectivity index (χ0) is 12.3. The number of nitrogens with two attached hydrogens (primary N) is 1. The zero-order valence-electron chi connectivity index (χ0n) is 10.4. The molecule has 0 fully saturated rings. The molecule has 0 aliphatic heterocycles. The average molecular weight is 220 g/mol. The highest BCUT2D eigenvalue weighted by molar-refractivity contribution is 5.79. The van der Waals surface area contributed by atoms with Crippen LogP contribution in [0.1, 0.15) is 26.3 Å². The molecule has 1 rings (SSSR count). The van der Waals surface area contributed by atoms with Crippen molar-refractivity contribution in [2.75, 3.05) is 18.5 Å². The van der Waals surface area contributed by atoms with Gasteiger partial charge in [0.25, 0.3) is 0 Å². The number of hydrogen-bond donors (Lipinski definition) is 1. The number of amides is 1. The number of hydrogen-bond acceptors (Lipinski definition) is 2. The van der Waals surface area contributed by atoms with E-state index in [-0.39, 0.29) is 17.9 Å². The van der Waals surface area contributed by atoms with Crippen LogP contribution in [0.2, 0.25) is 0 Å². The molecule has 2 N–H and O–H groups in total. The van der Waals surface area contributed by atoms with Gasteiger partial charge in [-0.05, 0) is 23.1 Å². The van der Waals surface area contributed by atoms with Crippen LogP contribution in [0, 0.1) is 0 Å². The van der Waals surface area contributed by atoms with E-state index in [0.717, 1.165) is 5.69 Å². The van der Waals surface area contributed by atoms with Crippen LogP contribution < -0.4 is 10.6 Å². The van der Waals surface area contributed by atoms with Crippen molar-refractivity contribution in [3.63, 3.8) is 0 Å². The largest absolute Gasteiger partial charge is 0.368 e. The molecular formula is C13H20N2O. The number of carbonyl (C=O) groups is 1. The summed E-state index contributed by atoms with van der Waals surface area (Å²) in [6, 6.07) is 8.21. The molecule has 0 bridgehead atoms. The van der Waals surface area contributed by atoms with Crippen molar-refractivity contribution in [3.8, 4) is 0 Å². The van der Waals surface area contributed by atoms with Gasteiger partial charge in [-0.15, -0.1) is 0 Å². The van der Waals surface area contributed by atoms with E-state index in [2.05, 4.69) is 32.9 Å². The van der Waals surface area contributed by atoms with Gasteiger partial charge in [0.1, 0.15) is 0 Å². The lowest BCUT2D eigenvalue weighted by Gasteiger charge is -2.22. The summed E-state index contributed by atoms with van der Waals surface area (Å²) in [4.78, 5) is 12.6. The third-order valence-corrected chi connectivity index (χ3v) is 2.57. The minimum absolute atomic E-state index is 0.154. The van der Waals surface area contributed by atoms with Crippen LogP contribution in [0.25, 0.3) is 0 Å². The van der Waals surface area contributed by atoms with E-state index in [4.69, 9.17) is 5.73 Å². The molecule has 0 aliphatic carbocycles. The molecule has 0 atom stereocenters. The Hall–Kier alpha value is -1.51. The smallest absolute Gasteiger partial charge is 0.236 e. The van der Waals surface area contributed by atoms with Gasteiger partial charge in [0, 0.05) is 12.7 Å². The van der Waals surface area contributed by atoms with Crippen molar-refractivity contribution in [3.05, 3.63) is 29.8 Å². The maximum Gasteiger partial charge on any atom is 0.236 e. The second kappa shape index (κ2) is 4.56. The first-order valence-electron chi connectivity index (χ1n) is 5.40. The molecule has 0 heterocycles. The Morgan fingerprint density at radius 2 is 1.75 bits per heavy atom. The predicted molar refractivity (Wildman–Crippen MR) is 67.6 cm³/mol. The van der Waals surface area contributed by atoms with E-state index in [0.29, 0.717) is 0 Å². The molecule has 0 spiro atoms. The topological polar surface area (TPSA) is 46.3 Å². The van der Waals surface area contributed by atoms with E-state index < -0.39 is 0 Å². The van der Waals surface area contributed by atoms with E-state index >= 15 is 0 Å². The monoisotopic (exact) mass is 220 g/mol. The highest BCUT2D eigenvalue weighted by Crippen LogP contribution is 2.24. The quantitative estimate of drug-likeness (QED) is 0.845. The lowest BCUT2D eigenvalue weighted by Crippen LogP contribution is -2.30. The van der Waals surface area contributed by atoms with Gasteiger partial charge in [0.05, 0.1) is 6.54 Å². The van der Waals surface area contributed by atoms with Crippen LogP contribution in [0.15, 0.2) is 24.3 Å². The summed E-state index contributed by atoms with van der Waals surface area (Å²) >= 11 is 0. The number of nitrogens with zero attached hydrogens (tertiary/aromatic N) is 1. The van der Waals surface area contributed by atoms with Gasteiger partial charge < -0.3 is 10.6 Å². The molecule has 3 heteroatoms. The van der Waals surface area contributed by atoms with Gasteiger partial charge in [-0.25, -0.2) is 0 Å². The van der Waals surface area contributed by atoms with Gasteiger partial charge in [-0.3, -0.25) is 4.79 Å². The molecule has 0 aliphatic rings. The molecular weight excluding hydrogens is 200 g/mol. The first-order valence-corrected chi connectivity index (χ1v) is 5.40. The number of likely N-dealkylation sites (N-methyl/N-ethyl adjacent to an activating group) is 1. The molecule has 3 nitrogen and oxygen atoms in total. The SMILES string of the molecule is CN(CC(N)=O)c1ccc(C(C)(C)C)cc1. The van der Waals surface area contributed by atoms with Crippen molar-refractivity contribution in [1.82, 2.24) is 0 Å². The van der Waals surface area contributed by atoms with Gasteiger partial charge in [-0.1, -0.05) is 32.9 Å². The van der Waals surface area contributed by atoms with Crippen LogP contribution in [-0.4, -0.2) is 19.5 Å². The third-order valence-electron chi connectivity index (χ3n) is 2.57. The van der Waals surface area contributed by atoms with E-state index in [1.165, 1.54) is 5.56 Å². The van der Waals surface area contributed by atoms with Gasteiger partial charge >= 0.3 is 0 Å². The predicted octanol–water partition coefficient (Wildman–Crippen LogP) is 1.91. The molecule has 1 aromatic rings. The number of carbonyl (C=O) groups excluding carboxylic acids is 1. The number of benzene rings is 1. The standard InChI is InChI=1S/C13H20N2O/c1-13(2,3)10-5-7-11(8-6-10)15(4)9-12(14)16/h5-8H,9H2,1-4H3,(H2,14,16). The number of anilines is 1. The lowest BCUT2D eigenvalue weighted by atomic mass is 9.87. The van der Waals surface area contributed by atoms with Crippen molar-refractivity contribution < 1.29 is 4.79 Å². The first kappa shape index (κ1) is 12.6. The Labute approximate surface area is 97.2 Å². The van der Waals surface area contributed by atoms with Crippen molar-refractivity contribution in [1.29, 1.82) is 0 Å². The molecule has 0 radical (unpaired) electrons. The number of rotatable bonds is 3. The summed E-state index contributed by atoms with van der Waals surface area (Å²) in [5, 5.41) is 0. The molecule has 0 aromatic heterocycles. The Kier molecular flexibility index (Phi) is 3.58.